The van der Waals surface area contributed by atoms with E-state index in [0.717, 1.165) is 6.07 Å². The van der Waals surface area contributed by atoms with Crippen molar-refractivity contribution in [2.24, 2.45) is 0 Å². The standard InChI is InChI=1S/C12H12F2N2O/c1-16(8-11(17)4-5-15)7-9-2-3-10(13)6-12(9)14/h2-3,6H,4,7-8H2,1H3. The lowest BCUT2D eigenvalue weighted by atomic mass is 10.2. The SMILES string of the molecule is CN(CC(=O)CC#N)Cc1ccc(F)cc1F. The summed E-state index contributed by atoms with van der Waals surface area (Å²) in [5.41, 5.74) is 0.318. The van der Waals surface area contributed by atoms with Crippen LogP contribution in [0, 0.1) is 23.0 Å². The normalized spacial score (nSPS) is 10.3. The van der Waals surface area contributed by atoms with Gasteiger partial charge >= 0.3 is 0 Å². The molecule has 90 valence electrons. The molecule has 0 spiro atoms. The number of ketones is 1. The highest BCUT2D eigenvalue weighted by Gasteiger charge is 2.10. The van der Waals surface area contributed by atoms with Gasteiger partial charge in [0.05, 0.1) is 19.0 Å². The number of hydrogen-bond donors (Lipinski definition) is 0. The van der Waals surface area contributed by atoms with Crippen molar-refractivity contribution < 1.29 is 13.6 Å². The van der Waals surface area contributed by atoms with Crippen molar-refractivity contribution in [3.05, 3.63) is 35.4 Å². The van der Waals surface area contributed by atoms with E-state index in [-0.39, 0.29) is 25.3 Å². The van der Waals surface area contributed by atoms with E-state index >= 15 is 0 Å². The quantitative estimate of drug-likeness (QED) is 0.786. The molecule has 0 bridgehead atoms. The van der Waals surface area contributed by atoms with E-state index in [9.17, 15) is 13.6 Å². The van der Waals surface area contributed by atoms with Crippen LogP contribution in [0.5, 0.6) is 0 Å². The second-order valence-electron chi connectivity index (χ2n) is 3.78. The zero-order valence-electron chi connectivity index (χ0n) is 9.41. The fourth-order valence-electron chi connectivity index (χ4n) is 1.44. The molecule has 1 rings (SSSR count). The summed E-state index contributed by atoms with van der Waals surface area (Å²) in [4.78, 5) is 12.7. The predicted octanol–water partition coefficient (Wildman–Crippen LogP) is 1.88. The Morgan fingerprint density at radius 1 is 1.47 bits per heavy atom. The van der Waals surface area contributed by atoms with Crippen molar-refractivity contribution in [2.45, 2.75) is 13.0 Å². The van der Waals surface area contributed by atoms with E-state index in [1.54, 1.807) is 18.0 Å². The molecular weight excluding hydrogens is 226 g/mol. The highest BCUT2D eigenvalue weighted by atomic mass is 19.1. The number of benzene rings is 1. The maximum atomic E-state index is 13.3. The smallest absolute Gasteiger partial charge is 0.160 e. The summed E-state index contributed by atoms with van der Waals surface area (Å²) in [5.74, 6) is -1.49. The van der Waals surface area contributed by atoms with Gasteiger partial charge in [-0.2, -0.15) is 5.26 Å². The topological polar surface area (TPSA) is 44.1 Å². The second kappa shape index (κ2) is 6.06. The van der Waals surface area contributed by atoms with Crippen LogP contribution in [0.2, 0.25) is 0 Å². The first-order valence-electron chi connectivity index (χ1n) is 5.04. The van der Waals surface area contributed by atoms with Crippen LogP contribution in [-0.4, -0.2) is 24.3 Å². The van der Waals surface area contributed by atoms with Crippen LogP contribution in [-0.2, 0) is 11.3 Å². The maximum absolute atomic E-state index is 13.3. The minimum absolute atomic E-state index is 0.0738. The van der Waals surface area contributed by atoms with E-state index < -0.39 is 11.6 Å². The molecule has 0 radical (unpaired) electrons. The number of Topliss-reactive ketones (excluding diaryl/α,β-unsaturated/α-hetero) is 1. The van der Waals surface area contributed by atoms with E-state index in [4.69, 9.17) is 5.26 Å². The summed E-state index contributed by atoms with van der Waals surface area (Å²) in [7, 11) is 1.64. The molecule has 0 unspecified atom stereocenters. The van der Waals surface area contributed by atoms with Crippen molar-refractivity contribution in [1.82, 2.24) is 4.90 Å². The van der Waals surface area contributed by atoms with Gasteiger partial charge in [-0.25, -0.2) is 8.78 Å². The van der Waals surface area contributed by atoms with Gasteiger partial charge in [0.1, 0.15) is 11.6 Å². The average Bonchev–Trinajstić information content (AvgIpc) is 2.22. The molecular formula is C12H12F2N2O. The van der Waals surface area contributed by atoms with Crippen molar-refractivity contribution >= 4 is 5.78 Å². The number of nitrogens with zero attached hydrogens (tertiary/aromatic N) is 2. The van der Waals surface area contributed by atoms with Crippen LogP contribution in [0.15, 0.2) is 18.2 Å². The fraction of sp³-hybridized carbons (Fsp3) is 0.333. The third kappa shape index (κ3) is 4.29. The lowest BCUT2D eigenvalue weighted by Crippen LogP contribution is -2.25. The molecule has 0 saturated heterocycles. The monoisotopic (exact) mass is 238 g/mol. The molecule has 0 fully saturated rings. The Morgan fingerprint density at radius 2 is 2.18 bits per heavy atom. The molecule has 5 heteroatoms. The van der Waals surface area contributed by atoms with Crippen molar-refractivity contribution in [3.63, 3.8) is 0 Å². The number of likely N-dealkylation sites (N-methyl/N-ethyl adjacent to an activating group) is 1. The Labute approximate surface area is 98.3 Å². The van der Waals surface area contributed by atoms with Gasteiger partial charge in [-0.15, -0.1) is 0 Å². The van der Waals surface area contributed by atoms with E-state index in [1.165, 1.54) is 12.1 Å². The summed E-state index contributed by atoms with van der Waals surface area (Å²) < 4.78 is 25.9. The summed E-state index contributed by atoms with van der Waals surface area (Å²) in [5, 5.41) is 8.32. The summed E-state index contributed by atoms with van der Waals surface area (Å²) >= 11 is 0. The number of hydrogen-bond acceptors (Lipinski definition) is 3. The van der Waals surface area contributed by atoms with Gasteiger partial charge in [0.25, 0.3) is 0 Å². The van der Waals surface area contributed by atoms with E-state index in [1.807, 2.05) is 0 Å². The molecule has 1 aromatic carbocycles. The average molecular weight is 238 g/mol. The van der Waals surface area contributed by atoms with Gasteiger partial charge in [-0.3, -0.25) is 9.69 Å². The van der Waals surface area contributed by atoms with Gasteiger partial charge in [0.15, 0.2) is 5.78 Å². The summed E-state index contributed by atoms with van der Waals surface area (Å²) in [6, 6.07) is 5.07. The Bertz CT molecular complexity index is 454. The Hall–Kier alpha value is -1.80. The maximum Gasteiger partial charge on any atom is 0.160 e. The first-order valence-corrected chi connectivity index (χ1v) is 5.04. The van der Waals surface area contributed by atoms with Crippen LogP contribution in [0.4, 0.5) is 8.78 Å². The minimum atomic E-state index is -0.635. The fourth-order valence-corrected chi connectivity index (χ4v) is 1.44. The molecule has 3 nitrogen and oxygen atoms in total. The van der Waals surface area contributed by atoms with E-state index in [2.05, 4.69) is 0 Å². The predicted molar refractivity (Wildman–Crippen MR) is 57.9 cm³/mol. The third-order valence-corrected chi connectivity index (χ3v) is 2.18. The number of rotatable bonds is 5. The van der Waals surface area contributed by atoms with Gasteiger partial charge in [-0.1, -0.05) is 6.07 Å². The molecule has 0 heterocycles. The van der Waals surface area contributed by atoms with Gasteiger partial charge in [0.2, 0.25) is 0 Å². The number of carbonyl (C=O) groups excluding carboxylic acids is 1. The number of halogens is 2. The minimum Gasteiger partial charge on any atom is -0.297 e. The zero-order chi connectivity index (χ0) is 12.8. The molecule has 0 amide bonds. The summed E-state index contributed by atoms with van der Waals surface area (Å²) in [6.45, 7) is 0.271. The molecule has 1 aromatic rings. The van der Waals surface area contributed by atoms with Crippen LogP contribution < -0.4 is 0 Å². The Morgan fingerprint density at radius 3 is 2.76 bits per heavy atom. The molecule has 0 N–H and O–H groups in total. The second-order valence-corrected chi connectivity index (χ2v) is 3.78. The lowest BCUT2D eigenvalue weighted by molar-refractivity contribution is -0.119. The van der Waals surface area contributed by atoms with Gasteiger partial charge in [0, 0.05) is 18.2 Å². The molecule has 0 saturated carbocycles. The number of carbonyl (C=O) groups is 1. The van der Waals surface area contributed by atoms with Crippen molar-refractivity contribution in [3.8, 4) is 6.07 Å². The number of nitriles is 1. The molecule has 17 heavy (non-hydrogen) atoms. The lowest BCUT2D eigenvalue weighted by Gasteiger charge is -2.15. The van der Waals surface area contributed by atoms with Gasteiger partial charge in [-0.05, 0) is 13.1 Å². The first-order chi connectivity index (χ1) is 8.02. The molecule has 0 aromatic heterocycles. The molecule has 0 atom stereocenters. The Kier molecular flexibility index (Phi) is 4.73. The van der Waals surface area contributed by atoms with Crippen LogP contribution >= 0.6 is 0 Å². The molecule has 0 aliphatic rings. The molecule has 0 aliphatic carbocycles. The van der Waals surface area contributed by atoms with E-state index in [0.29, 0.717) is 5.56 Å². The van der Waals surface area contributed by atoms with Crippen LogP contribution in [0.25, 0.3) is 0 Å². The highest BCUT2D eigenvalue weighted by molar-refractivity contribution is 5.82. The highest BCUT2D eigenvalue weighted by Crippen LogP contribution is 2.11. The zero-order valence-corrected chi connectivity index (χ0v) is 9.41. The van der Waals surface area contributed by atoms with Crippen molar-refractivity contribution in [1.29, 1.82) is 5.26 Å². The van der Waals surface area contributed by atoms with Crippen LogP contribution in [0.3, 0.4) is 0 Å². The largest absolute Gasteiger partial charge is 0.297 e. The Balaban J connectivity index is 2.59. The third-order valence-electron chi connectivity index (χ3n) is 2.18. The van der Waals surface area contributed by atoms with Gasteiger partial charge < -0.3 is 0 Å². The molecule has 0 aliphatic heterocycles. The first kappa shape index (κ1) is 13.3. The summed E-state index contributed by atoms with van der Waals surface area (Å²) in [6.07, 6.45) is -0.157. The van der Waals surface area contributed by atoms with Crippen molar-refractivity contribution in [2.75, 3.05) is 13.6 Å². The van der Waals surface area contributed by atoms with Crippen LogP contribution in [0.1, 0.15) is 12.0 Å².